The summed E-state index contributed by atoms with van der Waals surface area (Å²) < 4.78 is 0. The summed E-state index contributed by atoms with van der Waals surface area (Å²) in [6, 6.07) is 6.14. The third-order valence-corrected chi connectivity index (χ3v) is 4.58. The Morgan fingerprint density at radius 2 is 1.95 bits per heavy atom. The van der Waals surface area contributed by atoms with Crippen molar-refractivity contribution in [3.05, 3.63) is 40.9 Å². The molecule has 0 atom stereocenters. The molecule has 0 saturated carbocycles. The molecule has 0 radical (unpaired) electrons. The maximum Gasteiger partial charge on any atom is 0.185 e. The zero-order valence-electron chi connectivity index (χ0n) is 12.0. The highest BCUT2D eigenvalue weighted by Crippen LogP contribution is 2.25. The Morgan fingerprint density at radius 1 is 1.24 bits per heavy atom. The molecule has 1 aromatic heterocycles. The van der Waals surface area contributed by atoms with Crippen molar-refractivity contribution in [3.8, 4) is 0 Å². The monoisotopic (exact) mass is 301 g/mol. The van der Waals surface area contributed by atoms with Crippen LogP contribution in [0.2, 0.25) is 0 Å². The Bertz CT molecular complexity index is 630. The lowest BCUT2D eigenvalue weighted by Gasteiger charge is -2.36. The van der Waals surface area contributed by atoms with Crippen molar-refractivity contribution in [2.24, 2.45) is 5.73 Å². The molecule has 1 aliphatic heterocycles. The maximum atomic E-state index is 7.78. The second-order valence-electron chi connectivity index (χ2n) is 5.22. The summed E-state index contributed by atoms with van der Waals surface area (Å²) in [5, 5.41) is 10.9. The van der Waals surface area contributed by atoms with E-state index in [1.54, 1.807) is 11.3 Å². The van der Waals surface area contributed by atoms with Gasteiger partial charge in [0.25, 0.3) is 0 Å². The van der Waals surface area contributed by atoms with Crippen molar-refractivity contribution >= 4 is 28.0 Å². The number of rotatable bonds is 3. The molecule has 3 rings (SSSR count). The van der Waals surface area contributed by atoms with Crippen LogP contribution in [-0.4, -0.2) is 37.0 Å². The van der Waals surface area contributed by atoms with Gasteiger partial charge in [0.05, 0.1) is 0 Å². The minimum absolute atomic E-state index is 0.135. The highest BCUT2D eigenvalue weighted by Gasteiger charge is 2.21. The van der Waals surface area contributed by atoms with Gasteiger partial charge in [-0.1, -0.05) is 11.6 Å². The fourth-order valence-electron chi connectivity index (χ4n) is 2.65. The van der Waals surface area contributed by atoms with E-state index in [1.165, 1.54) is 0 Å². The van der Waals surface area contributed by atoms with E-state index in [4.69, 9.17) is 11.1 Å². The Hall–Kier alpha value is -2.08. The molecule has 3 N–H and O–H groups in total. The number of nitrogens with one attached hydrogen (secondary N) is 1. The van der Waals surface area contributed by atoms with Crippen molar-refractivity contribution in [1.82, 2.24) is 4.98 Å². The van der Waals surface area contributed by atoms with Crippen LogP contribution in [0.4, 0.5) is 10.8 Å². The lowest BCUT2D eigenvalue weighted by Crippen LogP contribution is -2.47. The highest BCUT2D eigenvalue weighted by molar-refractivity contribution is 7.13. The number of hydrogen-bond acceptors (Lipinski definition) is 5. The number of nitrogens with two attached hydrogens (primary N) is 1. The van der Waals surface area contributed by atoms with Gasteiger partial charge >= 0.3 is 0 Å². The maximum absolute atomic E-state index is 7.78. The molecular formula is C15H19N5S. The Labute approximate surface area is 128 Å². The summed E-state index contributed by atoms with van der Waals surface area (Å²) in [4.78, 5) is 8.98. The minimum atomic E-state index is 0.135. The van der Waals surface area contributed by atoms with Gasteiger partial charge in [0.1, 0.15) is 5.84 Å². The lowest BCUT2D eigenvalue weighted by molar-refractivity contribution is 0.651. The largest absolute Gasteiger partial charge is 0.384 e. The summed E-state index contributed by atoms with van der Waals surface area (Å²) >= 11 is 1.68. The van der Waals surface area contributed by atoms with Crippen LogP contribution in [0, 0.1) is 12.3 Å². The number of aromatic nitrogens is 1. The Balaban J connectivity index is 1.76. The van der Waals surface area contributed by atoms with Gasteiger partial charge in [-0.15, -0.1) is 11.3 Å². The molecule has 0 aliphatic carbocycles. The first-order valence-corrected chi connectivity index (χ1v) is 7.87. The summed E-state index contributed by atoms with van der Waals surface area (Å²) in [6.07, 6.45) is 1.85. The number of benzene rings is 1. The quantitative estimate of drug-likeness (QED) is 0.672. The Kier molecular flexibility index (Phi) is 3.79. The SMILES string of the molecule is Cc1ccc(N2CCN(c3nccs3)CC2)c(C(=N)N)c1. The third-order valence-electron chi connectivity index (χ3n) is 3.75. The van der Waals surface area contributed by atoms with Gasteiger partial charge in [0, 0.05) is 49.0 Å². The van der Waals surface area contributed by atoms with E-state index in [-0.39, 0.29) is 5.84 Å². The van der Waals surface area contributed by atoms with Gasteiger partial charge in [0.2, 0.25) is 0 Å². The molecule has 1 aliphatic rings. The van der Waals surface area contributed by atoms with Crippen molar-refractivity contribution < 1.29 is 0 Å². The van der Waals surface area contributed by atoms with E-state index in [0.29, 0.717) is 0 Å². The normalized spacial score (nSPS) is 15.3. The standard InChI is InChI=1S/C15H19N5S/c1-11-2-3-13(12(10-11)14(16)17)19-5-7-20(8-6-19)15-18-4-9-21-15/h2-4,9-10H,5-8H2,1H3,(H3,16,17). The van der Waals surface area contributed by atoms with Crippen LogP contribution in [0.25, 0.3) is 0 Å². The van der Waals surface area contributed by atoms with E-state index in [2.05, 4.69) is 26.9 Å². The molecule has 0 spiro atoms. The van der Waals surface area contributed by atoms with E-state index in [1.807, 2.05) is 24.6 Å². The molecule has 2 aromatic rings. The number of piperazine rings is 1. The van der Waals surface area contributed by atoms with Crippen molar-refractivity contribution in [2.75, 3.05) is 36.0 Å². The van der Waals surface area contributed by atoms with Crippen LogP contribution < -0.4 is 15.5 Å². The number of aryl methyl sites for hydroxylation is 1. The van der Waals surface area contributed by atoms with Gasteiger partial charge in [-0.3, -0.25) is 5.41 Å². The highest BCUT2D eigenvalue weighted by atomic mass is 32.1. The first kappa shape index (κ1) is 13.9. The summed E-state index contributed by atoms with van der Waals surface area (Å²) in [5.74, 6) is 0.135. The molecule has 0 bridgehead atoms. The molecular weight excluding hydrogens is 282 g/mol. The molecule has 0 amide bonds. The van der Waals surface area contributed by atoms with Crippen molar-refractivity contribution in [1.29, 1.82) is 5.41 Å². The molecule has 110 valence electrons. The van der Waals surface area contributed by atoms with Crippen LogP contribution >= 0.6 is 11.3 Å². The van der Waals surface area contributed by atoms with Gasteiger partial charge < -0.3 is 15.5 Å². The van der Waals surface area contributed by atoms with Gasteiger partial charge in [0.15, 0.2) is 5.13 Å². The molecule has 1 fully saturated rings. The minimum Gasteiger partial charge on any atom is -0.384 e. The average Bonchev–Trinajstić information content (AvgIpc) is 3.01. The van der Waals surface area contributed by atoms with E-state index < -0.39 is 0 Å². The van der Waals surface area contributed by atoms with Crippen LogP contribution in [0.5, 0.6) is 0 Å². The molecule has 6 heteroatoms. The number of thiazole rings is 1. The fraction of sp³-hybridized carbons (Fsp3) is 0.333. The number of amidine groups is 1. The molecule has 1 saturated heterocycles. The van der Waals surface area contributed by atoms with Crippen molar-refractivity contribution in [3.63, 3.8) is 0 Å². The molecule has 21 heavy (non-hydrogen) atoms. The fourth-order valence-corrected chi connectivity index (χ4v) is 3.35. The molecule has 2 heterocycles. The molecule has 1 aromatic carbocycles. The zero-order chi connectivity index (χ0) is 14.8. The topological polar surface area (TPSA) is 69.2 Å². The van der Waals surface area contributed by atoms with Crippen LogP contribution in [0.15, 0.2) is 29.8 Å². The number of anilines is 2. The molecule has 5 nitrogen and oxygen atoms in total. The van der Waals surface area contributed by atoms with Gasteiger partial charge in [-0.2, -0.15) is 0 Å². The van der Waals surface area contributed by atoms with E-state index in [0.717, 1.165) is 48.1 Å². The van der Waals surface area contributed by atoms with Crippen molar-refractivity contribution in [2.45, 2.75) is 6.92 Å². The number of hydrogen-bond donors (Lipinski definition) is 2. The third kappa shape index (κ3) is 2.85. The van der Waals surface area contributed by atoms with Gasteiger partial charge in [-0.05, 0) is 19.1 Å². The second-order valence-corrected chi connectivity index (χ2v) is 6.10. The number of nitrogens with zero attached hydrogens (tertiary/aromatic N) is 3. The average molecular weight is 301 g/mol. The van der Waals surface area contributed by atoms with Crippen LogP contribution in [0.3, 0.4) is 0 Å². The summed E-state index contributed by atoms with van der Waals surface area (Å²) in [7, 11) is 0. The second kappa shape index (κ2) is 5.73. The summed E-state index contributed by atoms with van der Waals surface area (Å²) in [5.41, 5.74) is 8.76. The first-order chi connectivity index (χ1) is 10.1. The number of nitrogen functional groups attached to an aromatic ring is 1. The first-order valence-electron chi connectivity index (χ1n) is 6.99. The lowest BCUT2D eigenvalue weighted by atomic mass is 10.1. The smallest absolute Gasteiger partial charge is 0.185 e. The van der Waals surface area contributed by atoms with E-state index in [9.17, 15) is 0 Å². The Morgan fingerprint density at radius 3 is 2.57 bits per heavy atom. The zero-order valence-corrected chi connectivity index (χ0v) is 12.9. The molecule has 0 unspecified atom stereocenters. The van der Waals surface area contributed by atoms with Crippen LogP contribution in [0.1, 0.15) is 11.1 Å². The predicted octanol–water partition coefficient (Wildman–Crippen LogP) is 2.06. The summed E-state index contributed by atoms with van der Waals surface area (Å²) in [6.45, 7) is 5.75. The van der Waals surface area contributed by atoms with Crippen LogP contribution in [-0.2, 0) is 0 Å². The van der Waals surface area contributed by atoms with Gasteiger partial charge in [-0.25, -0.2) is 4.98 Å². The predicted molar refractivity (Wildman–Crippen MR) is 88.7 cm³/mol. The van der Waals surface area contributed by atoms with E-state index >= 15 is 0 Å².